The molecule has 0 aliphatic rings. The molecule has 2 aromatic rings. The van der Waals surface area contributed by atoms with E-state index in [0.29, 0.717) is 24.7 Å². The van der Waals surface area contributed by atoms with Gasteiger partial charge >= 0.3 is 5.97 Å². The minimum atomic E-state index is -0.997. The second-order valence-corrected chi connectivity index (χ2v) is 5.93. The maximum atomic E-state index is 10.6. The molecule has 0 fully saturated rings. The second kappa shape index (κ2) is 8.94. The molecule has 2 rings (SSSR count). The van der Waals surface area contributed by atoms with E-state index >= 15 is 0 Å². The summed E-state index contributed by atoms with van der Waals surface area (Å²) in [6.07, 6.45) is 2.58. The number of carboxylic acid groups (broad SMARTS) is 1. The molecule has 0 amide bonds. The summed E-state index contributed by atoms with van der Waals surface area (Å²) < 4.78 is 17.0. The molecule has 0 aliphatic heterocycles. The molecule has 5 nitrogen and oxygen atoms in total. The molecule has 26 heavy (non-hydrogen) atoms. The lowest BCUT2D eigenvalue weighted by Crippen LogP contribution is -2.11. The van der Waals surface area contributed by atoms with Gasteiger partial charge in [0.15, 0.2) is 11.5 Å². The number of carboxylic acids is 1. The number of hydrogen-bond acceptors (Lipinski definition) is 4. The van der Waals surface area contributed by atoms with Gasteiger partial charge < -0.3 is 19.3 Å². The topological polar surface area (TPSA) is 65.0 Å². The number of carbonyl (C=O) groups is 1. The number of hydrogen-bond donors (Lipinski definition) is 1. The molecular formula is C21H24O5. The Morgan fingerprint density at radius 1 is 1.00 bits per heavy atom. The number of ether oxygens (including phenoxy) is 3. The minimum absolute atomic E-state index is 0.369. The summed E-state index contributed by atoms with van der Waals surface area (Å²) in [5, 5.41) is 8.69. The van der Waals surface area contributed by atoms with Crippen LogP contribution in [-0.4, -0.2) is 31.4 Å². The zero-order chi connectivity index (χ0) is 19.1. The van der Waals surface area contributed by atoms with Crippen molar-refractivity contribution in [2.24, 2.45) is 0 Å². The fourth-order valence-electron chi connectivity index (χ4n) is 2.52. The SMILES string of the molecule is COc1cc(/C=C\C(=O)O)ccc1OCCOc1c(C)ccc(C)c1C. The zero-order valence-electron chi connectivity index (χ0n) is 15.5. The lowest BCUT2D eigenvalue weighted by Gasteiger charge is -2.15. The standard InChI is InChI=1S/C21H24O5/c1-14-5-6-15(2)21(16(14)3)26-12-11-25-18-9-7-17(8-10-20(22)23)13-19(18)24-4/h5-10,13H,11-12H2,1-4H3,(H,22,23)/b10-8-. The average molecular weight is 356 g/mol. The molecule has 0 aliphatic carbocycles. The highest BCUT2D eigenvalue weighted by Crippen LogP contribution is 2.29. The summed E-state index contributed by atoms with van der Waals surface area (Å²) >= 11 is 0. The van der Waals surface area contributed by atoms with Crippen molar-refractivity contribution in [3.63, 3.8) is 0 Å². The van der Waals surface area contributed by atoms with E-state index in [4.69, 9.17) is 19.3 Å². The van der Waals surface area contributed by atoms with E-state index in [9.17, 15) is 4.79 Å². The second-order valence-electron chi connectivity index (χ2n) is 5.93. The molecule has 138 valence electrons. The largest absolute Gasteiger partial charge is 0.493 e. The molecule has 0 saturated heterocycles. The van der Waals surface area contributed by atoms with Crippen molar-refractivity contribution < 1.29 is 24.1 Å². The van der Waals surface area contributed by atoms with Crippen LogP contribution in [0.3, 0.4) is 0 Å². The number of aryl methyl sites for hydroxylation is 2. The molecule has 0 aromatic heterocycles. The highest BCUT2D eigenvalue weighted by atomic mass is 16.5. The Bertz CT molecular complexity index is 808. The van der Waals surface area contributed by atoms with E-state index in [1.165, 1.54) is 11.6 Å². The van der Waals surface area contributed by atoms with Gasteiger partial charge in [0, 0.05) is 6.08 Å². The van der Waals surface area contributed by atoms with Crippen LogP contribution >= 0.6 is 0 Å². The fourth-order valence-corrected chi connectivity index (χ4v) is 2.52. The van der Waals surface area contributed by atoms with Gasteiger partial charge in [0.25, 0.3) is 0 Å². The van der Waals surface area contributed by atoms with Gasteiger partial charge in [0.05, 0.1) is 7.11 Å². The first kappa shape index (κ1) is 19.4. The van der Waals surface area contributed by atoms with E-state index in [1.807, 2.05) is 19.9 Å². The Labute approximate surface area is 153 Å². The first-order valence-corrected chi connectivity index (χ1v) is 8.34. The lowest BCUT2D eigenvalue weighted by atomic mass is 10.1. The van der Waals surface area contributed by atoms with Crippen LogP contribution in [-0.2, 0) is 4.79 Å². The normalized spacial score (nSPS) is 10.8. The smallest absolute Gasteiger partial charge is 0.328 e. The third-order valence-corrected chi connectivity index (χ3v) is 4.07. The van der Waals surface area contributed by atoms with Crippen LogP contribution in [0, 0.1) is 20.8 Å². The van der Waals surface area contributed by atoms with E-state index in [-0.39, 0.29) is 0 Å². The predicted molar refractivity (Wildman–Crippen MR) is 101 cm³/mol. The van der Waals surface area contributed by atoms with Crippen LogP contribution in [0.25, 0.3) is 6.08 Å². The predicted octanol–water partition coefficient (Wildman–Crippen LogP) is 4.18. The molecule has 0 heterocycles. The Morgan fingerprint density at radius 3 is 2.38 bits per heavy atom. The highest BCUT2D eigenvalue weighted by Gasteiger charge is 2.08. The van der Waals surface area contributed by atoms with Crippen molar-refractivity contribution in [2.45, 2.75) is 20.8 Å². The first-order valence-electron chi connectivity index (χ1n) is 8.34. The number of rotatable bonds is 8. The number of aliphatic carboxylic acids is 1. The van der Waals surface area contributed by atoms with Crippen molar-refractivity contribution in [1.82, 2.24) is 0 Å². The molecular weight excluding hydrogens is 332 g/mol. The summed E-state index contributed by atoms with van der Waals surface area (Å²) in [5.41, 5.74) is 4.15. The maximum Gasteiger partial charge on any atom is 0.328 e. The summed E-state index contributed by atoms with van der Waals surface area (Å²) in [5.74, 6) is 1.03. The van der Waals surface area contributed by atoms with E-state index in [2.05, 4.69) is 13.0 Å². The van der Waals surface area contributed by atoms with Gasteiger partial charge in [-0.25, -0.2) is 4.79 Å². The number of benzene rings is 2. The van der Waals surface area contributed by atoms with E-state index in [1.54, 1.807) is 25.3 Å². The fraction of sp³-hybridized carbons (Fsp3) is 0.286. The van der Waals surface area contributed by atoms with Crippen LogP contribution in [0.4, 0.5) is 0 Å². The Morgan fingerprint density at radius 2 is 1.69 bits per heavy atom. The molecule has 1 N–H and O–H groups in total. The maximum absolute atomic E-state index is 10.6. The quantitative estimate of drug-likeness (QED) is 0.568. The summed E-state index contributed by atoms with van der Waals surface area (Å²) in [7, 11) is 1.54. The van der Waals surface area contributed by atoms with Gasteiger partial charge in [0.1, 0.15) is 19.0 Å². The third-order valence-electron chi connectivity index (χ3n) is 4.07. The van der Waals surface area contributed by atoms with Gasteiger partial charge in [-0.3, -0.25) is 0 Å². The first-order chi connectivity index (χ1) is 12.4. The summed E-state index contributed by atoms with van der Waals surface area (Å²) in [6.45, 7) is 6.91. The molecule has 0 spiro atoms. The van der Waals surface area contributed by atoms with E-state index < -0.39 is 5.97 Å². The Kier molecular flexibility index (Phi) is 6.67. The lowest BCUT2D eigenvalue weighted by molar-refractivity contribution is -0.131. The zero-order valence-corrected chi connectivity index (χ0v) is 15.5. The van der Waals surface area contributed by atoms with Crippen molar-refractivity contribution in [1.29, 1.82) is 0 Å². The van der Waals surface area contributed by atoms with Crippen LogP contribution in [0.2, 0.25) is 0 Å². The van der Waals surface area contributed by atoms with Gasteiger partial charge in [-0.15, -0.1) is 0 Å². The van der Waals surface area contributed by atoms with E-state index in [0.717, 1.165) is 28.5 Å². The highest BCUT2D eigenvalue weighted by molar-refractivity contribution is 5.85. The molecule has 0 unspecified atom stereocenters. The van der Waals surface area contributed by atoms with Gasteiger partial charge in [0.2, 0.25) is 0 Å². The van der Waals surface area contributed by atoms with Crippen molar-refractivity contribution in [3.05, 3.63) is 58.7 Å². The minimum Gasteiger partial charge on any atom is -0.493 e. The molecule has 0 saturated carbocycles. The average Bonchev–Trinajstić information content (AvgIpc) is 2.63. The van der Waals surface area contributed by atoms with Gasteiger partial charge in [-0.1, -0.05) is 18.2 Å². The van der Waals surface area contributed by atoms with Gasteiger partial charge in [-0.2, -0.15) is 0 Å². The molecule has 2 aromatic carbocycles. The van der Waals surface area contributed by atoms with Crippen LogP contribution in [0.5, 0.6) is 17.2 Å². The molecule has 0 atom stereocenters. The van der Waals surface area contributed by atoms with Gasteiger partial charge in [-0.05, 0) is 61.2 Å². The molecule has 5 heteroatoms. The van der Waals surface area contributed by atoms with Crippen molar-refractivity contribution >= 4 is 12.0 Å². The Hall–Kier alpha value is -2.95. The number of methoxy groups -OCH3 is 1. The molecule has 0 bridgehead atoms. The van der Waals surface area contributed by atoms with Crippen molar-refractivity contribution in [3.8, 4) is 17.2 Å². The molecule has 0 radical (unpaired) electrons. The third kappa shape index (κ3) is 5.02. The Balaban J connectivity index is 1.97. The summed E-state index contributed by atoms with van der Waals surface area (Å²) in [4.78, 5) is 10.6. The summed E-state index contributed by atoms with van der Waals surface area (Å²) in [6, 6.07) is 9.38. The van der Waals surface area contributed by atoms with Crippen LogP contribution in [0.1, 0.15) is 22.3 Å². The van der Waals surface area contributed by atoms with Crippen LogP contribution < -0.4 is 14.2 Å². The van der Waals surface area contributed by atoms with Crippen molar-refractivity contribution in [2.75, 3.05) is 20.3 Å². The monoisotopic (exact) mass is 356 g/mol. The van der Waals surface area contributed by atoms with Crippen LogP contribution in [0.15, 0.2) is 36.4 Å².